The predicted octanol–water partition coefficient (Wildman–Crippen LogP) is 0.899. The van der Waals surface area contributed by atoms with Gasteiger partial charge in [-0.2, -0.15) is 8.42 Å². The Morgan fingerprint density at radius 3 is 2.48 bits per heavy atom. The van der Waals surface area contributed by atoms with Crippen LogP contribution in [0.25, 0.3) is 0 Å². The number of nitrogens with zero attached hydrogens (tertiary/aromatic N) is 1. The molecule has 1 heterocycles. The van der Waals surface area contributed by atoms with E-state index in [9.17, 15) is 18.0 Å². The number of rotatable bonds is 4. The van der Waals surface area contributed by atoms with Gasteiger partial charge in [0.2, 0.25) is 0 Å². The smallest absolute Gasteiger partial charge is 0.345 e. The molecule has 0 aliphatic rings. The molecule has 0 saturated carbocycles. The zero-order chi connectivity index (χ0) is 15.6. The molecule has 0 amide bonds. The number of hydrogen-bond donors (Lipinski definition) is 1. The Labute approximate surface area is 121 Å². The Bertz CT molecular complexity index is 815. The van der Waals surface area contributed by atoms with Crippen LogP contribution in [0.1, 0.15) is 22.8 Å². The van der Waals surface area contributed by atoms with Gasteiger partial charge in [0.1, 0.15) is 5.56 Å². The first kappa shape index (κ1) is 15.0. The molecule has 112 valence electrons. The number of esters is 1. The lowest BCUT2D eigenvalue weighted by Crippen LogP contribution is -2.28. The molecule has 0 bridgehead atoms. The molecule has 0 fully saturated rings. The molecule has 2 rings (SSSR count). The minimum Gasteiger partial charge on any atom is -0.462 e. The summed E-state index contributed by atoms with van der Waals surface area (Å²) in [6.07, 6.45) is 1.02. The fraction of sp³-hybridized carbons (Fsp3) is 0.231. The summed E-state index contributed by atoms with van der Waals surface area (Å²) in [7, 11) is -4.07. The van der Waals surface area contributed by atoms with Gasteiger partial charge in [0.15, 0.2) is 0 Å². The lowest BCUT2D eigenvalue weighted by Gasteiger charge is -2.04. The van der Waals surface area contributed by atoms with E-state index in [1.54, 1.807) is 19.1 Å². The van der Waals surface area contributed by atoms with Gasteiger partial charge >= 0.3 is 5.97 Å². The highest BCUT2D eigenvalue weighted by Crippen LogP contribution is 2.12. The van der Waals surface area contributed by atoms with E-state index in [4.69, 9.17) is 0 Å². The maximum absolute atomic E-state index is 12.3. The van der Waals surface area contributed by atoms with E-state index in [0.29, 0.717) is 4.09 Å². The Hall–Kier alpha value is -2.35. The van der Waals surface area contributed by atoms with E-state index < -0.39 is 21.6 Å². The van der Waals surface area contributed by atoms with Crippen molar-refractivity contribution in [2.75, 3.05) is 6.61 Å². The zero-order valence-corrected chi connectivity index (χ0v) is 12.3. The maximum Gasteiger partial charge on any atom is 0.345 e. The minimum atomic E-state index is -4.07. The molecule has 0 atom stereocenters. The first-order valence-electron chi connectivity index (χ1n) is 6.17. The third kappa shape index (κ3) is 2.75. The van der Waals surface area contributed by atoms with E-state index in [1.165, 1.54) is 12.1 Å². The molecule has 0 aliphatic carbocycles. The quantitative estimate of drug-likeness (QED) is 0.846. The standard InChI is InChI=1S/C13H14N2O5S/c1-3-20-13(17)11-8-14-15(12(11)16)21(18,19)10-6-4-9(2)5-7-10/h4-8,14H,3H2,1-2H3. The molecule has 1 aromatic carbocycles. The first-order valence-corrected chi connectivity index (χ1v) is 7.61. The van der Waals surface area contributed by atoms with Crippen molar-refractivity contribution in [2.24, 2.45) is 0 Å². The summed E-state index contributed by atoms with van der Waals surface area (Å²) in [5.41, 5.74) is -0.429. The van der Waals surface area contributed by atoms with Crippen LogP contribution in [0.2, 0.25) is 0 Å². The van der Waals surface area contributed by atoms with Crippen LogP contribution in [0.4, 0.5) is 0 Å². The predicted molar refractivity (Wildman–Crippen MR) is 74.8 cm³/mol. The Balaban J connectivity index is 2.49. The molecule has 0 saturated heterocycles. The van der Waals surface area contributed by atoms with Crippen molar-refractivity contribution in [3.05, 3.63) is 51.9 Å². The van der Waals surface area contributed by atoms with Crippen molar-refractivity contribution in [1.82, 2.24) is 9.19 Å². The van der Waals surface area contributed by atoms with Crippen LogP contribution >= 0.6 is 0 Å². The number of carbonyl (C=O) groups is 1. The van der Waals surface area contributed by atoms with E-state index >= 15 is 0 Å². The Kier molecular flexibility index (Phi) is 3.99. The van der Waals surface area contributed by atoms with Crippen molar-refractivity contribution in [3.63, 3.8) is 0 Å². The number of benzene rings is 1. The normalized spacial score (nSPS) is 11.3. The molecule has 0 radical (unpaired) electrons. The van der Waals surface area contributed by atoms with Gasteiger partial charge in [-0.1, -0.05) is 17.7 Å². The van der Waals surface area contributed by atoms with Crippen LogP contribution in [0.5, 0.6) is 0 Å². The fourth-order valence-corrected chi connectivity index (χ4v) is 2.90. The highest BCUT2D eigenvalue weighted by atomic mass is 32.2. The molecular weight excluding hydrogens is 296 g/mol. The van der Waals surface area contributed by atoms with Crippen molar-refractivity contribution < 1.29 is 17.9 Å². The van der Waals surface area contributed by atoms with Crippen molar-refractivity contribution in [3.8, 4) is 0 Å². The summed E-state index contributed by atoms with van der Waals surface area (Å²) < 4.78 is 29.8. The summed E-state index contributed by atoms with van der Waals surface area (Å²) in [4.78, 5) is 23.5. The van der Waals surface area contributed by atoms with Gasteiger partial charge in [0.05, 0.1) is 11.5 Å². The van der Waals surface area contributed by atoms with Crippen LogP contribution in [-0.2, 0) is 14.8 Å². The van der Waals surface area contributed by atoms with E-state index in [1.807, 2.05) is 6.92 Å². The maximum atomic E-state index is 12.3. The van der Waals surface area contributed by atoms with Gasteiger partial charge in [0.25, 0.3) is 15.6 Å². The molecule has 0 unspecified atom stereocenters. The van der Waals surface area contributed by atoms with Gasteiger partial charge in [-0.05, 0) is 26.0 Å². The molecule has 0 aliphatic heterocycles. The van der Waals surface area contributed by atoms with Crippen LogP contribution in [-0.4, -0.2) is 30.2 Å². The molecule has 8 heteroatoms. The summed E-state index contributed by atoms with van der Waals surface area (Å²) >= 11 is 0. The molecule has 1 aromatic heterocycles. The van der Waals surface area contributed by atoms with Crippen molar-refractivity contribution in [2.45, 2.75) is 18.7 Å². The largest absolute Gasteiger partial charge is 0.462 e. The lowest BCUT2D eigenvalue weighted by molar-refractivity contribution is 0.0525. The minimum absolute atomic E-state index is 0.0486. The molecule has 0 spiro atoms. The SMILES string of the molecule is CCOC(=O)c1c[nH]n(S(=O)(=O)c2ccc(C)cc2)c1=O. The molecular formula is C13H14N2O5S. The number of nitrogens with one attached hydrogen (secondary N) is 1. The highest BCUT2D eigenvalue weighted by Gasteiger charge is 2.24. The second-order valence-electron chi connectivity index (χ2n) is 4.30. The fourth-order valence-electron chi connectivity index (χ4n) is 1.70. The van der Waals surface area contributed by atoms with Crippen molar-refractivity contribution >= 4 is 16.0 Å². The van der Waals surface area contributed by atoms with E-state index in [-0.39, 0.29) is 17.1 Å². The summed E-state index contributed by atoms with van der Waals surface area (Å²) in [5.74, 6) is -0.864. The van der Waals surface area contributed by atoms with Crippen LogP contribution in [0, 0.1) is 6.92 Å². The number of aromatic nitrogens is 2. The second-order valence-corrected chi connectivity index (χ2v) is 6.08. The van der Waals surface area contributed by atoms with E-state index in [0.717, 1.165) is 11.8 Å². The first-order chi connectivity index (χ1) is 9.87. The molecule has 2 aromatic rings. The molecule has 1 N–H and O–H groups in total. The number of hydrogen-bond acceptors (Lipinski definition) is 5. The summed E-state index contributed by atoms with van der Waals surface area (Å²) in [6, 6.07) is 6.02. The molecule has 7 nitrogen and oxygen atoms in total. The number of carbonyl (C=O) groups excluding carboxylic acids is 1. The topological polar surface area (TPSA) is 98.2 Å². The number of H-pyrrole nitrogens is 1. The monoisotopic (exact) mass is 310 g/mol. The van der Waals surface area contributed by atoms with Crippen molar-refractivity contribution in [1.29, 1.82) is 0 Å². The molecule has 21 heavy (non-hydrogen) atoms. The average Bonchev–Trinajstić information content (AvgIpc) is 2.82. The van der Waals surface area contributed by atoms with Gasteiger partial charge < -0.3 is 4.74 Å². The highest BCUT2D eigenvalue weighted by molar-refractivity contribution is 7.89. The van der Waals surface area contributed by atoms with Crippen LogP contribution < -0.4 is 5.56 Å². The average molecular weight is 310 g/mol. The summed E-state index contributed by atoms with van der Waals surface area (Å²) in [6.45, 7) is 3.50. The third-order valence-corrected chi connectivity index (χ3v) is 4.42. The van der Waals surface area contributed by atoms with Gasteiger partial charge in [-0.3, -0.25) is 9.89 Å². The van der Waals surface area contributed by atoms with Crippen LogP contribution in [0.3, 0.4) is 0 Å². The summed E-state index contributed by atoms with van der Waals surface area (Å²) in [5, 5.41) is 2.28. The van der Waals surface area contributed by atoms with Gasteiger partial charge in [-0.15, -0.1) is 4.09 Å². The third-order valence-electron chi connectivity index (χ3n) is 2.80. The number of ether oxygens (including phenoxy) is 1. The lowest BCUT2D eigenvalue weighted by atomic mass is 10.2. The van der Waals surface area contributed by atoms with Gasteiger partial charge in [0, 0.05) is 6.20 Å². The van der Waals surface area contributed by atoms with E-state index in [2.05, 4.69) is 9.84 Å². The Morgan fingerprint density at radius 1 is 1.29 bits per heavy atom. The van der Waals surface area contributed by atoms with Crippen LogP contribution in [0.15, 0.2) is 40.2 Å². The van der Waals surface area contributed by atoms with Gasteiger partial charge in [-0.25, -0.2) is 4.79 Å². The Morgan fingerprint density at radius 2 is 1.90 bits per heavy atom. The number of aryl methyl sites for hydroxylation is 1. The number of aromatic amines is 1. The second kappa shape index (κ2) is 5.57. The zero-order valence-electron chi connectivity index (χ0n) is 11.5.